The molecule has 0 atom stereocenters. The Balaban J connectivity index is 2.27. The van der Waals surface area contributed by atoms with Crippen molar-refractivity contribution in [2.24, 2.45) is 0 Å². The molecule has 1 rings (SSSR count). The molecular weight excluding hydrogens is 272 g/mol. The van der Waals surface area contributed by atoms with Gasteiger partial charge in [0.2, 0.25) is 0 Å². The van der Waals surface area contributed by atoms with Crippen LogP contribution in [-0.2, 0) is 4.74 Å². The normalized spacial score (nSPS) is 10.3. The summed E-state index contributed by atoms with van der Waals surface area (Å²) < 4.78 is 5.08. The van der Waals surface area contributed by atoms with Gasteiger partial charge < -0.3 is 19.7 Å². The molecule has 0 saturated heterocycles. The molecule has 1 aromatic rings. The molecule has 0 bridgehead atoms. The molecule has 0 aliphatic rings. The third-order valence-electron chi connectivity index (χ3n) is 3.15. The zero-order chi connectivity index (χ0) is 15.5. The van der Waals surface area contributed by atoms with Crippen molar-refractivity contribution in [3.05, 3.63) is 35.4 Å². The van der Waals surface area contributed by atoms with Gasteiger partial charge in [0.1, 0.15) is 0 Å². The lowest BCUT2D eigenvalue weighted by molar-refractivity contribution is -0.255. The van der Waals surface area contributed by atoms with Gasteiger partial charge in [0.05, 0.1) is 18.1 Å². The average molecular weight is 293 g/mol. The van der Waals surface area contributed by atoms with E-state index in [9.17, 15) is 14.7 Å². The van der Waals surface area contributed by atoms with E-state index in [1.807, 2.05) is 0 Å². The number of aliphatic hydroxyl groups excluding tert-OH is 1. The Hall–Kier alpha value is -1.88. The summed E-state index contributed by atoms with van der Waals surface area (Å²) in [5.41, 5.74) is -0.119. The molecule has 0 saturated carbocycles. The molecule has 116 valence electrons. The number of rotatable bonds is 10. The first-order valence-corrected chi connectivity index (χ1v) is 7.25. The van der Waals surface area contributed by atoms with Crippen LogP contribution >= 0.6 is 0 Å². The van der Waals surface area contributed by atoms with Crippen LogP contribution in [0.3, 0.4) is 0 Å². The summed E-state index contributed by atoms with van der Waals surface area (Å²) in [5.74, 6) is -2.01. The van der Waals surface area contributed by atoms with Crippen molar-refractivity contribution in [1.82, 2.24) is 0 Å². The van der Waals surface area contributed by atoms with Gasteiger partial charge in [0.25, 0.3) is 0 Å². The number of carbonyl (C=O) groups excluding carboxylic acids is 2. The topological polar surface area (TPSA) is 86.7 Å². The minimum Gasteiger partial charge on any atom is -0.545 e. The Kier molecular flexibility index (Phi) is 8.12. The second kappa shape index (κ2) is 9.94. The van der Waals surface area contributed by atoms with Gasteiger partial charge in [-0.2, -0.15) is 0 Å². The van der Waals surface area contributed by atoms with Crippen molar-refractivity contribution >= 4 is 11.9 Å². The Labute approximate surface area is 124 Å². The molecule has 0 radical (unpaired) electrons. The van der Waals surface area contributed by atoms with Gasteiger partial charge in [0, 0.05) is 12.2 Å². The van der Waals surface area contributed by atoms with E-state index in [-0.39, 0.29) is 24.3 Å². The summed E-state index contributed by atoms with van der Waals surface area (Å²) >= 11 is 0. The van der Waals surface area contributed by atoms with Crippen molar-refractivity contribution in [1.29, 1.82) is 0 Å². The molecule has 0 aromatic heterocycles. The van der Waals surface area contributed by atoms with Crippen LogP contribution in [0.5, 0.6) is 0 Å². The number of aromatic carboxylic acids is 1. The Bertz CT molecular complexity index is 456. The van der Waals surface area contributed by atoms with E-state index >= 15 is 0 Å². The minimum atomic E-state index is -1.38. The molecule has 1 aromatic carbocycles. The molecule has 0 aliphatic heterocycles. The van der Waals surface area contributed by atoms with Crippen molar-refractivity contribution in [3.63, 3.8) is 0 Å². The standard InChI is InChI=1S/C16H22O5/c17-11-7-3-1-2-4-8-12-21-16(20)14-10-6-5-9-13(14)15(18)19/h5-6,9-10,17H,1-4,7-8,11-12H2,(H,18,19)/p-1. The van der Waals surface area contributed by atoms with Crippen LogP contribution in [0.2, 0.25) is 0 Å². The third-order valence-corrected chi connectivity index (χ3v) is 3.15. The zero-order valence-electron chi connectivity index (χ0n) is 12.0. The van der Waals surface area contributed by atoms with Crippen LogP contribution in [0.1, 0.15) is 59.2 Å². The van der Waals surface area contributed by atoms with E-state index in [1.54, 1.807) is 6.07 Å². The first kappa shape index (κ1) is 17.2. The van der Waals surface area contributed by atoms with Gasteiger partial charge in [-0.25, -0.2) is 4.79 Å². The summed E-state index contributed by atoms with van der Waals surface area (Å²) in [6, 6.07) is 5.87. The fraction of sp³-hybridized carbons (Fsp3) is 0.500. The van der Waals surface area contributed by atoms with Crippen LogP contribution in [0.15, 0.2) is 24.3 Å². The molecule has 21 heavy (non-hydrogen) atoms. The molecule has 0 unspecified atom stereocenters. The number of unbranched alkanes of at least 4 members (excludes halogenated alkanes) is 5. The molecule has 0 fully saturated rings. The molecule has 0 aliphatic carbocycles. The van der Waals surface area contributed by atoms with E-state index in [0.29, 0.717) is 0 Å². The highest BCUT2D eigenvalue weighted by Crippen LogP contribution is 2.10. The van der Waals surface area contributed by atoms with Crippen LogP contribution < -0.4 is 5.11 Å². The quantitative estimate of drug-likeness (QED) is 0.522. The largest absolute Gasteiger partial charge is 0.545 e. The summed E-state index contributed by atoms with van der Waals surface area (Å²) in [7, 11) is 0. The Morgan fingerprint density at radius 2 is 1.52 bits per heavy atom. The summed E-state index contributed by atoms with van der Waals surface area (Å²) in [5, 5.41) is 19.5. The number of esters is 1. The molecule has 1 N–H and O–H groups in total. The molecule has 5 heteroatoms. The lowest BCUT2D eigenvalue weighted by Crippen LogP contribution is -2.25. The number of ether oxygens (including phenoxy) is 1. The zero-order valence-corrected chi connectivity index (χ0v) is 12.0. The number of aliphatic hydroxyl groups is 1. The average Bonchev–Trinajstić information content (AvgIpc) is 2.49. The van der Waals surface area contributed by atoms with Gasteiger partial charge in [-0.3, -0.25) is 0 Å². The Morgan fingerprint density at radius 3 is 2.14 bits per heavy atom. The number of hydrogen-bond acceptors (Lipinski definition) is 5. The minimum absolute atomic E-state index is 0.0282. The second-order valence-electron chi connectivity index (χ2n) is 4.81. The van der Waals surface area contributed by atoms with Crippen LogP contribution in [0.25, 0.3) is 0 Å². The fourth-order valence-corrected chi connectivity index (χ4v) is 2.00. The summed E-state index contributed by atoms with van der Waals surface area (Å²) in [4.78, 5) is 22.7. The molecule has 0 heterocycles. The summed E-state index contributed by atoms with van der Waals surface area (Å²) in [6.07, 6.45) is 5.62. The van der Waals surface area contributed by atoms with E-state index < -0.39 is 11.9 Å². The van der Waals surface area contributed by atoms with Crippen LogP contribution in [-0.4, -0.2) is 30.3 Å². The van der Waals surface area contributed by atoms with Crippen molar-refractivity contribution in [2.45, 2.75) is 38.5 Å². The van der Waals surface area contributed by atoms with Gasteiger partial charge in [-0.05, 0) is 18.9 Å². The molecule has 5 nitrogen and oxygen atoms in total. The maximum atomic E-state index is 11.8. The number of carboxylic acids is 1. The lowest BCUT2D eigenvalue weighted by atomic mass is 10.1. The van der Waals surface area contributed by atoms with Gasteiger partial charge in [-0.1, -0.05) is 43.9 Å². The smallest absolute Gasteiger partial charge is 0.338 e. The number of benzene rings is 1. The Morgan fingerprint density at radius 1 is 0.952 bits per heavy atom. The van der Waals surface area contributed by atoms with Crippen molar-refractivity contribution in [2.75, 3.05) is 13.2 Å². The second-order valence-corrected chi connectivity index (χ2v) is 4.81. The SMILES string of the molecule is O=C([O-])c1ccccc1C(=O)OCCCCCCCCO. The third kappa shape index (κ3) is 6.40. The van der Waals surface area contributed by atoms with Crippen molar-refractivity contribution in [3.8, 4) is 0 Å². The highest BCUT2D eigenvalue weighted by Gasteiger charge is 2.12. The van der Waals surface area contributed by atoms with E-state index in [4.69, 9.17) is 9.84 Å². The predicted octanol–water partition coefficient (Wildman–Crippen LogP) is 1.54. The monoisotopic (exact) mass is 293 g/mol. The lowest BCUT2D eigenvalue weighted by Gasteiger charge is -2.10. The predicted molar refractivity (Wildman–Crippen MR) is 75.8 cm³/mol. The first-order chi connectivity index (χ1) is 10.2. The molecular formula is C16H21O5-. The van der Waals surface area contributed by atoms with Gasteiger partial charge >= 0.3 is 5.97 Å². The van der Waals surface area contributed by atoms with E-state index in [2.05, 4.69) is 0 Å². The summed E-state index contributed by atoms with van der Waals surface area (Å²) in [6.45, 7) is 0.510. The number of hydrogen-bond donors (Lipinski definition) is 1. The van der Waals surface area contributed by atoms with E-state index in [0.717, 1.165) is 38.5 Å². The number of carbonyl (C=O) groups is 2. The molecule has 0 spiro atoms. The molecule has 0 amide bonds. The first-order valence-electron chi connectivity index (χ1n) is 7.25. The maximum absolute atomic E-state index is 11.8. The van der Waals surface area contributed by atoms with Crippen LogP contribution in [0, 0.1) is 0 Å². The van der Waals surface area contributed by atoms with Gasteiger partial charge in [0.15, 0.2) is 0 Å². The maximum Gasteiger partial charge on any atom is 0.338 e. The van der Waals surface area contributed by atoms with E-state index in [1.165, 1.54) is 18.2 Å². The highest BCUT2D eigenvalue weighted by atomic mass is 16.5. The van der Waals surface area contributed by atoms with Crippen LogP contribution in [0.4, 0.5) is 0 Å². The van der Waals surface area contributed by atoms with Crippen molar-refractivity contribution < 1.29 is 24.5 Å². The highest BCUT2D eigenvalue weighted by molar-refractivity contribution is 6.01. The van der Waals surface area contributed by atoms with Gasteiger partial charge in [-0.15, -0.1) is 0 Å². The fourth-order valence-electron chi connectivity index (χ4n) is 2.00. The number of carboxylic acid groups (broad SMARTS) is 1.